The van der Waals surface area contributed by atoms with E-state index < -0.39 is 0 Å². The minimum Gasteiger partial charge on any atom is -0.377 e. The molecule has 1 heterocycles. The minimum atomic E-state index is 0.197. The first-order valence-corrected chi connectivity index (χ1v) is 8.33. The first-order valence-electron chi connectivity index (χ1n) is 8.33. The van der Waals surface area contributed by atoms with Gasteiger partial charge in [0.2, 0.25) is 0 Å². The predicted octanol–water partition coefficient (Wildman–Crippen LogP) is 2.79. The Morgan fingerprint density at radius 1 is 1.33 bits per heavy atom. The standard InChI is InChI=1S/C17H33N3O/c1-16(2,3)14-12(8-7-9-21-14)11-19-15(18-6)20-13-10-17(13,4)5/h12-14H,7-11H2,1-6H3,(H2,18,19,20). The molecule has 1 saturated carbocycles. The zero-order valence-electron chi connectivity index (χ0n) is 14.6. The molecule has 1 aliphatic carbocycles. The maximum absolute atomic E-state index is 6.05. The molecular weight excluding hydrogens is 262 g/mol. The third kappa shape index (κ3) is 4.35. The molecule has 1 saturated heterocycles. The first kappa shape index (κ1) is 16.6. The van der Waals surface area contributed by atoms with Crippen LogP contribution in [0.15, 0.2) is 4.99 Å². The average Bonchev–Trinajstić information content (AvgIpc) is 3.00. The van der Waals surface area contributed by atoms with Crippen LogP contribution < -0.4 is 10.6 Å². The van der Waals surface area contributed by atoms with Gasteiger partial charge in [0.25, 0.3) is 0 Å². The highest BCUT2D eigenvalue weighted by atomic mass is 16.5. The van der Waals surface area contributed by atoms with Crippen LogP contribution in [0.3, 0.4) is 0 Å². The van der Waals surface area contributed by atoms with Crippen LogP contribution in [0, 0.1) is 16.7 Å². The van der Waals surface area contributed by atoms with Gasteiger partial charge >= 0.3 is 0 Å². The molecule has 4 nitrogen and oxygen atoms in total. The molecule has 122 valence electrons. The lowest BCUT2D eigenvalue weighted by atomic mass is 9.78. The summed E-state index contributed by atoms with van der Waals surface area (Å²) < 4.78 is 6.05. The summed E-state index contributed by atoms with van der Waals surface area (Å²) in [4.78, 5) is 4.36. The molecule has 0 aromatic heterocycles. The third-order valence-corrected chi connectivity index (χ3v) is 4.88. The smallest absolute Gasteiger partial charge is 0.191 e. The molecule has 0 bridgehead atoms. The Morgan fingerprint density at radius 2 is 2.00 bits per heavy atom. The molecule has 1 aliphatic heterocycles. The number of nitrogens with one attached hydrogen (secondary N) is 2. The van der Waals surface area contributed by atoms with Gasteiger partial charge in [-0.15, -0.1) is 0 Å². The second-order valence-electron chi connectivity index (χ2n) is 8.40. The van der Waals surface area contributed by atoms with Crippen LogP contribution in [-0.4, -0.2) is 38.3 Å². The van der Waals surface area contributed by atoms with E-state index >= 15 is 0 Å². The highest BCUT2D eigenvalue weighted by Crippen LogP contribution is 2.44. The van der Waals surface area contributed by atoms with Crippen molar-refractivity contribution in [3.05, 3.63) is 0 Å². The Labute approximate surface area is 130 Å². The predicted molar refractivity (Wildman–Crippen MR) is 88.6 cm³/mol. The number of aliphatic imine (C=N–C) groups is 1. The summed E-state index contributed by atoms with van der Waals surface area (Å²) in [5.41, 5.74) is 0.613. The fourth-order valence-electron chi connectivity index (χ4n) is 3.31. The minimum absolute atomic E-state index is 0.197. The lowest BCUT2D eigenvalue weighted by Crippen LogP contribution is -2.48. The maximum Gasteiger partial charge on any atom is 0.191 e. The Morgan fingerprint density at radius 3 is 2.52 bits per heavy atom. The molecule has 0 aromatic carbocycles. The van der Waals surface area contributed by atoms with Gasteiger partial charge in [-0.3, -0.25) is 4.99 Å². The van der Waals surface area contributed by atoms with Crippen LogP contribution in [0.5, 0.6) is 0 Å². The average molecular weight is 295 g/mol. The molecular formula is C17H33N3O. The molecule has 2 aliphatic rings. The second kappa shape index (κ2) is 6.15. The van der Waals surface area contributed by atoms with Gasteiger partial charge in [-0.1, -0.05) is 34.6 Å². The molecule has 2 N–H and O–H groups in total. The fourth-order valence-corrected chi connectivity index (χ4v) is 3.31. The van der Waals surface area contributed by atoms with Gasteiger partial charge < -0.3 is 15.4 Å². The van der Waals surface area contributed by atoms with Crippen molar-refractivity contribution in [2.45, 2.75) is 66.0 Å². The largest absolute Gasteiger partial charge is 0.377 e. The Bertz CT molecular complexity index is 384. The second-order valence-corrected chi connectivity index (χ2v) is 8.40. The van der Waals surface area contributed by atoms with Crippen LogP contribution in [-0.2, 0) is 4.74 Å². The summed E-state index contributed by atoms with van der Waals surface area (Å²) in [5.74, 6) is 1.49. The number of ether oxygens (including phenoxy) is 1. The van der Waals surface area contributed by atoms with E-state index in [1.165, 1.54) is 19.3 Å². The van der Waals surface area contributed by atoms with Crippen LogP contribution in [0.4, 0.5) is 0 Å². The number of hydrogen-bond acceptors (Lipinski definition) is 2. The molecule has 21 heavy (non-hydrogen) atoms. The number of guanidine groups is 1. The molecule has 2 rings (SSSR count). The van der Waals surface area contributed by atoms with E-state index in [0.29, 0.717) is 23.5 Å². The van der Waals surface area contributed by atoms with E-state index in [9.17, 15) is 0 Å². The molecule has 2 fully saturated rings. The summed E-state index contributed by atoms with van der Waals surface area (Å²) in [6.07, 6.45) is 3.96. The van der Waals surface area contributed by atoms with Crippen LogP contribution >= 0.6 is 0 Å². The zero-order chi connectivity index (χ0) is 15.7. The van der Waals surface area contributed by atoms with E-state index in [1.807, 2.05) is 7.05 Å². The highest BCUT2D eigenvalue weighted by molar-refractivity contribution is 5.80. The normalized spacial score (nSPS) is 32.7. The summed E-state index contributed by atoms with van der Waals surface area (Å²) in [6.45, 7) is 13.3. The SMILES string of the molecule is CN=C(NCC1CCCOC1C(C)(C)C)NC1CC1(C)C. The number of nitrogens with zero attached hydrogens (tertiary/aromatic N) is 1. The Balaban J connectivity index is 1.85. The summed E-state index contributed by atoms with van der Waals surface area (Å²) in [7, 11) is 1.85. The van der Waals surface area contributed by atoms with Gasteiger partial charge in [0, 0.05) is 32.2 Å². The lowest BCUT2D eigenvalue weighted by molar-refractivity contribution is -0.0835. The summed E-state index contributed by atoms with van der Waals surface area (Å²) >= 11 is 0. The third-order valence-electron chi connectivity index (χ3n) is 4.88. The fraction of sp³-hybridized carbons (Fsp3) is 0.941. The van der Waals surface area contributed by atoms with Crippen molar-refractivity contribution in [2.24, 2.45) is 21.7 Å². The topological polar surface area (TPSA) is 45.7 Å². The summed E-state index contributed by atoms with van der Waals surface area (Å²) in [5, 5.41) is 7.03. The van der Waals surface area contributed by atoms with E-state index in [4.69, 9.17) is 4.74 Å². The number of hydrogen-bond donors (Lipinski definition) is 2. The molecule has 0 spiro atoms. The lowest BCUT2D eigenvalue weighted by Gasteiger charge is -2.40. The Hall–Kier alpha value is -0.770. The van der Waals surface area contributed by atoms with Crippen molar-refractivity contribution < 1.29 is 4.74 Å². The highest BCUT2D eigenvalue weighted by Gasteiger charge is 2.46. The van der Waals surface area contributed by atoms with Crippen molar-refractivity contribution in [1.82, 2.24) is 10.6 Å². The summed E-state index contributed by atoms with van der Waals surface area (Å²) in [6, 6.07) is 0.560. The van der Waals surface area contributed by atoms with E-state index in [2.05, 4.69) is 50.2 Å². The van der Waals surface area contributed by atoms with Crippen LogP contribution in [0.1, 0.15) is 53.9 Å². The van der Waals surface area contributed by atoms with E-state index in [1.54, 1.807) is 0 Å². The quantitative estimate of drug-likeness (QED) is 0.621. The van der Waals surface area contributed by atoms with E-state index in [-0.39, 0.29) is 5.41 Å². The number of rotatable bonds is 3. The molecule has 0 radical (unpaired) electrons. The van der Waals surface area contributed by atoms with Crippen molar-refractivity contribution in [3.63, 3.8) is 0 Å². The van der Waals surface area contributed by atoms with Gasteiger partial charge in [-0.2, -0.15) is 0 Å². The molecule has 0 aromatic rings. The maximum atomic E-state index is 6.05. The van der Waals surface area contributed by atoms with Gasteiger partial charge in [-0.05, 0) is 30.1 Å². The van der Waals surface area contributed by atoms with Crippen LogP contribution in [0.25, 0.3) is 0 Å². The Kier molecular flexibility index (Phi) is 4.86. The first-order chi connectivity index (χ1) is 9.74. The van der Waals surface area contributed by atoms with Crippen molar-refractivity contribution in [2.75, 3.05) is 20.2 Å². The zero-order valence-corrected chi connectivity index (χ0v) is 14.6. The molecule has 4 heteroatoms. The van der Waals surface area contributed by atoms with E-state index in [0.717, 1.165) is 19.1 Å². The van der Waals surface area contributed by atoms with Crippen molar-refractivity contribution in [1.29, 1.82) is 0 Å². The molecule has 0 amide bonds. The van der Waals surface area contributed by atoms with Crippen LogP contribution in [0.2, 0.25) is 0 Å². The van der Waals surface area contributed by atoms with Gasteiger partial charge in [0.1, 0.15) is 0 Å². The van der Waals surface area contributed by atoms with Crippen molar-refractivity contribution in [3.8, 4) is 0 Å². The monoisotopic (exact) mass is 295 g/mol. The van der Waals surface area contributed by atoms with Gasteiger partial charge in [0.05, 0.1) is 6.10 Å². The van der Waals surface area contributed by atoms with Gasteiger partial charge in [0.15, 0.2) is 5.96 Å². The molecule has 3 unspecified atom stereocenters. The van der Waals surface area contributed by atoms with Gasteiger partial charge in [-0.25, -0.2) is 0 Å². The molecule has 3 atom stereocenters. The van der Waals surface area contributed by atoms with Crippen molar-refractivity contribution >= 4 is 5.96 Å².